The largest absolute Gasteiger partial charge is 0.475 e. The van der Waals surface area contributed by atoms with Crippen LogP contribution in [0.1, 0.15) is 59.6 Å². The molecule has 1 aromatic heterocycles. The van der Waals surface area contributed by atoms with Gasteiger partial charge in [-0.25, -0.2) is 14.2 Å². The van der Waals surface area contributed by atoms with Crippen molar-refractivity contribution in [3.05, 3.63) is 46.2 Å². The first-order chi connectivity index (χ1) is 14.6. The van der Waals surface area contributed by atoms with E-state index in [-0.39, 0.29) is 28.7 Å². The molecule has 1 fully saturated rings. The maximum absolute atomic E-state index is 13.7. The maximum atomic E-state index is 13.7. The van der Waals surface area contributed by atoms with Gasteiger partial charge in [-0.3, -0.25) is 9.59 Å². The van der Waals surface area contributed by atoms with Gasteiger partial charge in [0.15, 0.2) is 5.13 Å². The Hall–Kier alpha value is -2.82. The van der Waals surface area contributed by atoms with Crippen LogP contribution in [0, 0.1) is 11.7 Å². The van der Waals surface area contributed by atoms with Crippen molar-refractivity contribution in [3.63, 3.8) is 0 Å². The molecule has 1 unspecified atom stereocenters. The number of aromatic nitrogens is 1. The van der Waals surface area contributed by atoms with E-state index in [0.717, 1.165) is 48.5 Å². The summed E-state index contributed by atoms with van der Waals surface area (Å²) in [4.78, 5) is 39.0. The lowest BCUT2D eigenvalue weighted by atomic mass is 9.86. The third kappa shape index (κ3) is 5.46. The Morgan fingerprint density at radius 2 is 1.90 bits per heavy atom. The molecule has 1 aliphatic rings. The number of Topliss-reactive ketones (excluding diaryl/α,β-unsaturated/α-hetero) is 1. The Labute approximate surface area is 178 Å². The van der Waals surface area contributed by atoms with Gasteiger partial charge >= 0.3 is 12.1 Å². The van der Waals surface area contributed by atoms with Crippen molar-refractivity contribution in [2.24, 2.45) is 5.92 Å². The number of anilines is 1. The molecule has 0 aliphatic heterocycles. The molecule has 1 heterocycles. The molecule has 6 nitrogen and oxygen atoms in total. The number of carbonyl (C=O) groups is 3. The Kier molecular flexibility index (Phi) is 6.73. The molecular weight excluding hydrogens is 440 g/mol. The van der Waals surface area contributed by atoms with Gasteiger partial charge in [-0.15, -0.1) is 11.3 Å². The number of nitrogens with one attached hydrogen (secondary N) is 1. The summed E-state index contributed by atoms with van der Waals surface area (Å²) >= 11 is 0.822. The van der Waals surface area contributed by atoms with Crippen LogP contribution in [0.4, 0.5) is 22.7 Å². The molecule has 0 spiro atoms. The summed E-state index contributed by atoms with van der Waals surface area (Å²) < 4.78 is 53.2. The van der Waals surface area contributed by atoms with Crippen LogP contribution in [0.3, 0.4) is 0 Å². The first kappa shape index (κ1) is 22.9. The maximum Gasteiger partial charge on any atom is 0.419 e. The lowest BCUT2D eigenvalue weighted by Gasteiger charge is -2.21. The minimum atomic E-state index is -4.91. The van der Waals surface area contributed by atoms with Gasteiger partial charge < -0.3 is 10.4 Å². The number of hydrogen-bond acceptors (Lipinski definition) is 5. The molecular formula is C20H18F4N2O4S. The Balaban J connectivity index is 1.88. The number of carbonyl (C=O) groups excluding carboxylic acids is 2. The van der Waals surface area contributed by atoms with E-state index < -0.39 is 41.1 Å². The van der Waals surface area contributed by atoms with Crippen LogP contribution in [-0.2, 0) is 15.8 Å². The summed E-state index contributed by atoms with van der Waals surface area (Å²) in [6.45, 7) is 0. The smallest absolute Gasteiger partial charge is 0.419 e. The zero-order valence-electron chi connectivity index (χ0n) is 16.0. The first-order valence-electron chi connectivity index (χ1n) is 9.47. The number of alkyl halides is 3. The normalized spacial score (nSPS) is 15.6. The fraction of sp³-hybridized carbons (Fsp3) is 0.400. The zero-order valence-corrected chi connectivity index (χ0v) is 16.9. The molecule has 31 heavy (non-hydrogen) atoms. The molecule has 2 N–H and O–H groups in total. The fourth-order valence-corrected chi connectivity index (χ4v) is 4.38. The minimum Gasteiger partial charge on any atom is -0.475 e. The van der Waals surface area contributed by atoms with Crippen LogP contribution in [0.25, 0.3) is 0 Å². The van der Waals surface area contributed by atoms with Crippen LogP contribution < -0.4 is 5.32 Å². The second kappa shape index (κ2) is 9.13. The summed E-state index contributed by atoms with van der Waals surface area (Å²) in [5.74, 6) is -5.88. The van der Waals surface area contributed by atoms with Gasteiger partial charge in [0.2, 0.25) is 5.91 Å². The Morgan fingerprint density at radius 3 is 2.52 bits per heavy atom. The molecule has 3 rings (SSSR count). The van der Waals surface area contributed by atoms with Gasteiger partial charge in [-0.2, -0.15) is 13.2 Å². The van der Waals surface area contributed by atoms with Crippen molar-refractivity contribution in [2.75, 3.05) is 5.32 Å². The van der Waals surface area contributed by atoms with Gasteiger partial charge in [0.25, 0.3) is 5.78 Å². The number of thiazole rings is 1. The highest BCUT2D eigenvalue weighted by Gasteiger charge is 2.36. The lowest BCUT2D eigenvalue weighted by Crippen LogP contribution is -2.24. The average molecular weight is 458 g/mol. The first-order valence-corrected chi connectivity index (χ1v) is 10.3. The third-order valence-electron chi connectivity index (χ3n) is 5.22. The van der Waals surface area contributed by atoms with E-state index in [2.05, 4.69) is 10.3 Å². The summed E-state index contributed by atoms with van der Waals surface area (Å²) in [7, 11) is 0. The highest BCUT2D eigenvalue weighted by Crippen LogP contribution is 2.38. The second-order valence-electron chi connectivity index (χ2n) is 7.34. The highest BCUT2D eigenvalue weighted by molar-refractivity contribution is 7.14. The summed E-state index contributed by atoms with van der Waals surface area (Å²) in [6.07, 6.45) is -1.03. The fourth-order valence-electron chi connectivity index (χ4n) is 3.69. The van der Waals surface area contributed by atoms with E-state index in [1.54, 1.807) is 0 Å². The van der Waals surface area contributed by atoms with Crippen molar-refractivity contribution in [1.82, 2.24) is 4.98 Å². The van der Waals surface area contributed by atoms with Crippen LogP contribution in [0.2, 0.25) is 0 Å². The number of hydrogen-bond donors (Lipinski definition) is 2. The predicted octanol–water partition coefficient (Wildman–Crippen LogP) is 4.87. The molecule has 2 aromatic rings. The van der Waals surface area contributed by atoms with E-state index in [1.807, 2.05) is 0 Å². The average Bonchev–Trinajstić information content (AvgIpc) is 3.37. The van der Waals surface area contributed by atoms with E-state index >= 15 is 0 Å². The molecule has 0 saturated heterocycles. The molecule has 0 bridgehead atoms. The van der Waals surface area contributed by atoms with Crippen molar-refractivity contribution in [2.45, 2.75) is 44.2 Å². The number of ketones is 1. The number of benzene rings is 1. The Morgan fingerprint density at radius 1 is 1.23 bits per heavy atom. The van der Waals surface area contributed by atoms with Gasteiger partial charge in [0, 0.05) is 5.38 Å². The molecule has 1 aliphatic carbocycles. The van der Waals surface area contributed by atoms with Crippen molar-refractivity contribution in [3.8, 4) is 0 Å². The molecule has 0 radical (unpaired) electrons. The summed E-state index contributed by atoms with van der Waals surface area (Å²) in [5.41, 5.74) is -1.78. The highest BCUT2D eigenvalue weighted by atomic mass is 32.1. The van der Waals surface area contributed by atoms with Crippen LogP contribution in [0.5, 0.6) is 0 Å². The number of halogens is 4. The van der Waals surface area contributed by atoms with E-state index in [9.17, 15) is 31.9 Å². The molecule has 11 heteroatoms. The number of rotatable bonds is 7. The van der Waals surface area contributed by atoms with Gasteiger partial charge in [-0.1, -0.05) is 31.7 Å². The van der Waals surface area contributed by atoms with Crippen LogP contribution in [-0.4, -0.2) is 27.8 Å². The lowest BCUT2D eigenvalue weighted by molar-refractivity contribution is -0.140. The Bertz CT molecular complexity index is 999. The topological polar surface area (TPSA) is 96.4 Å². The van der Waals surface area contributed by atoms with E-state index in [1.165, 1.54) is 0 Å². The molecule has 166 valence electrons. The van der Waals surface area contributed by atoms with E-state index in [4.69, 9.17) is 5.11 Å². The van der Waals surface area contributed by atoms with Gasteiger partial charge in [0.1, 0.15) is 11.5 Å². The molecule has 1 amide bonds. The summed E-state index contributed by atoms with van der Waals surface area (Å²) in [5, 5.41) is 12.3. The third-order valence-corrected chi connectivity index (χ3v) is 5.98. The van der Waals surface area contributed by atoms with Crippen LogP contribution in [0.15, 0.2) is 23.6 Å². The molecule has 1 aromatic carbocycles. The van der Waals surface area contributed by atoms with Crippen LogP contribution >= 0.6 is 11.3 Å². The second-order valence-corrected chi connectivity index (χ2v) is 8.20. The number of carboxylic acids is 1. The zero-order chi connectivity index (χ0) is 22.8. The molecule has 1 atom stereocenters. The quantitative estimate of drug-likeness (QED) is 0.351. The van der Waals surface area contributed by atoms with Crippen molar-refractivity contribution in [1.29, 1.82) is 0 Å². The number of aliphatic carboxylic acids is 1. The van der Waals surface area contributed by atoms with Gasteiger partial charge in [0.05, 0.1) is 11.5 Å². The van der Waals surface area contributed by atoms with Crippen molar-refractivity contribution >= 4 is 34.1 Å². The minimum absolute atomic E-state index is 0.0246. The monoisotopic (exact) mass is 458 g/mol. The van der Waals surface area contributed by atoms with Crippen molar-refractivity contribution < 1.29 is 37.1 Å². The number of nitrogens with zero attached hydrogens (tertiary/aromatic N) is 1. The number of carboxylic acid groups (broad SMARTS) is 1. The van der Waals surface area contributed by atoms with Gasteiger partial charge in [-0.05, 0) is 30.0 Å². The number of amides is 1. The standard InChI is InChI=1S/C20H18F4N2O4S/c21-14-6-5-11(8-13(14)20(22,23)24)12(7-10-3-1-2-4-10)17(28)26-19-25-15(9-31-19)16(27)18(29)30/h5-6,8-10,12H,1-4,7H2,(H,29,30)(H,25,26,28). The molecule has 1 saturated carbocycles. The SMILES string of the molecule is O=C(O)C(=O)c1csc(NC(=O)C(CC2CCCC2)c2ccc(F)c(C(F)(F)F)c2)n1. The predicted molar refractivity (Wildman–Crippen MR) is 103 cm³/mol. The van der Waals surface area contributed by atoms with E-state index in [0.29, 0.717) is 12.1 Å². The summed E-state index contributed by atoms with van der Waals surface area (Å²) in [6, 6.07) is 2.50.